The molecular formula is C9H9NO2. The first-order chi connectivity index (χ1) is 5.77. The van der Waals surface area contributed by atoms with E-state index in [1.54, 1.807) is 24.3 Å². The predicted octanol–water partition coefficient (Wildman–Crippen LogP) is 1.53. The third-order valence-corrected chi connectivity index (χ3v) is 1.49. The van der Waals surface area contributed by atoms with E-state index in [2.05, 4.69) is 0 Å². The Kier molecular flexibility index (Phi) is 2.58. The van der Waals surface area contributed by atoms with E-state index in [1.807, 2.05) is 0 Å². The summed E-state index contributed by atoms with van der Waals surface area (Å²) in [6.45, 7) is 0. The van der Waals surface area contributed by atoms with Crippen LogP contribution in [0.4, 0.5) is 0 Å². The lowest BCUT2D eigenvalue weighted by molar-refractivity contribution is 0.107. The molecule has 1 rings (SSSR count). The monoisotopic (exact) mass is 163 g/mol. The number of carbonyl (C=O) groups is 1. The number of hydrogen-bond donors (Lipinski definition) is 1. The Morgan fingerprint density at radius 1 is 1.58 bits per heavy atom. The zero-order chi connectivity index (χ0) is 8.97. The molecule has 1 N–H and O–H groups in total. The van der Waals surface area contributed by atoms with Gasteiger partial charge < -0.3 is 10.1 Å². The summed E-state index contributed by atoms with van der Waals surface area (Å²) in [6, 6.07) is 6.72. The third kappa shape index (κ3) is 1.69. The standard InChI is InChI=1S/C9H9NO2/c1-12-8-4-2-3-7(5-8)9(11)6-10/h2-6,10H,1H3. The average molecular weight is 163 g/mol. The molecule has 0 bridgehead atoms. The van der Waals surface area contributed by atoms with Gasteiger partial charge >= 0.3 is 0 Å². The maximum absolute atomic E-state index is 11.0. The summed E-state index contributed by atoms with van der Waals surface area (Å²) >= 11 is 0. The van der Waals surface area contributed by atoms with Crippen molar-refractivity contribution >= 4 is 12.0 Å². The Labute approximate surface area is 70.5 Å². The molecule has 0 aromatic heterocycles. The minimum absolute atomic E-state index is 0.311. The molecule has 0 spiro atoms. The second-order valence-electron chi connectivity index (χ2n) is 2.24. The molecule has 1 aromatic carbocycles. The number of carbonyl (C=O) groups excluding carboxylic acids is 1. The van der Waals surface area contributed by atoms with Crippen molar-refractivity contribution in [3.63, 3.8) is 0 Å². The number of benzene rings is 1. The van der Waals surface area contributed by atoms with Gasteiger partial charge in [0.05, 0.1) is 13.3 Å². The fraction of sp³-hybridized carbons (Fsp3) is 0.111. The van der Waals surface area contributed by atoms with Gasteiger partial charge in [0, 0.05) is 5.56 Å². The van der Waals surface area contributed by atoms with Gasteiger partial charge in [0.15, 0.2) is 0 Å². The summed E-state index contributed by atoms with van der Waals surface area (Å²) in [5.74, 6) is 0.316. The fourth-order valence-corrected chi connectivity index (χ4v) is 0.860. The summed E-state index contributed by atoms with van der Waals surface area (Å²) < 4.78 is 4.92. The summed E-state index contributed by atoms with van der Waals surface area (Å²) in [4.78, 5) is 11.0. The maximum Gasteiger partial charge on any atom is 0.203 e. The van der Waals surface area contributed by atoms with Crippen LogP contribution in [-0.2, 0) is 0 Å². The summed E-state index contributed by atoms with van der Waals surface area (Å²) in [5, 5.41) is 6.76. The van der Waals surface area contributed by atoms with Crippen LogP contribution in [0.5, 0.6) is 5.75 Å². The van der Waals surface area contributed by atoms with Crippen LogP contribution >= 0.6 is 0 Å². The number of Topliss-reactive ketones (excluding diaryl/α,β-unsaturated/α-hetero) is 1. The summed E-state index contributed by atoms with van der Waals surface area (Å²) in [7, 11) is 1.54. The van der Waals surface area contributed by atoms with Crippen LogP contribution in [0.3, 0.4) is 0 Å². The highest BCUT2D eigenvalue weighted by atomic mass is 16.5. The lowest BCUT2D eigenvalue weighted by atomic mass is 10.1. The molecule has 0 fully saturated rings. The number of ketones is 1. The molecule has 0 atom stereocenters. The molecule has 3 nitrogen and oxygen atoms in total. The van der Waals surface area contributed by atoms with E-state index in [4.69, 9.17) is 10.1 Å². The Balaban J connectivity index is 3.01. The van der Waals surface area contributed by atoms with E-state index >= 15 is 0 Å². The van der Waals surface area contributed by atoms with E-state index in [0.717, 1.165) is 6.21 Å². The maximum atomic E-state index is 11.0. The number of hydrogen-bond acceptors (Lipinski definition) is 3. The average Bonchev–Trinajstić information content (AvgIpc) is 2.17. The van der Waals surface area contributed by atoms with Crippen LogP contribution in [0.15, 0.2) is 24.3 Å². The van der Waals surface area contributed by atoms with Gasteiger partial charge in [0.2, 0.25) is 5.78 Å². The van der Waals surface area contributed by atoms with Gasteiger partial charge in [-0.15, -0.1) is 0 Å². The first-order valence-corrected chi connectivity index (χ1v) is 3.47. The van der Waals surface area contributed by atoms with Crippen molar-refractivity contribution in [1.82, 2.24) is 0 Å². The predicted molar refractivity (Wildman–Crippen MR) is 46.1 cm³/mol. The molecule has 12 heavy (non-hydrogen) atoms. The lowest BCUT2D eigenvalue weighted by Crippen LogP contribution is -1.98. The van der Waals surface area contributed by atoms with Crippen molar-refractivity contribution in [3.05, 3.63) is 29.8 Å². The first kappa shape index (κ1) is 8.46. The molecule has 62 valence electrons. The van der Waals surface area contributed by atoms with Crippen LogP contribution in [0, 0.1) is 5.41 Å². The second-order valence-corrected chi connectivity index (χ2v) is 2.24. The molecule has 0 unspecified atom stereocenters. The van der Waals surface area contributed by atoms with Crippen molar-refractivity contribution in [2.75, 3.05) is 7.11 Å². The number of rotatable bonds is 3. The number of nitrogens with one attached hydrogen (secondary N) is 1. The Bertz CT molecular complexity index is 307. The van der Waals surface area contributed by atoms with Crippen molar-refractivity contribution in [2.45, 2.75) is 0 Å². The van der Waals surface area contributed by atoms with Crippen LogP contribution in [0.2, 0.25) is 0 Å². The third-order valence-electron chi connectivity index (χ3n) is 1.49. The van der Waals surface area contributed by atoms with Crippen LogP contribution in [0.1, 0.15) is 10.4 Å². The minimum Gasteiger partial charge on any atom is -0.497 e. The van der Waals surface area contributed by atoms with Crippen LogP contribution < -0.4 is 4.74 Å². The van der Waals surface area contributed by atoms with Gasteiger partial charge in [0.1, 0.15) is 5.75 Å². The van der Waals surface area contributed by atoms with E-state index in [-0.39, 0.29) is 5.78 Å². The molecule has 0 saturated heterocycles. The van der Waals surface area contributed by atoms with Gasteiger partial charge in [-0.3, -0.25) is 4.79 Å². The van der Waals surface area contributed by atoms with Crippen LogP contribution in [0.25, 0.3) is 0 Å². The Morgan fingerprint density at radius 2 is 2.33 bits per heavy atom. The van der Waals surface area contributed by atoms with Crippen molar-refractivity contribution in [2.24, 2.45) is 0 Å². The molecule has 3 heteroatoms. The van der Waals surface area contributed by atoms with Gasteiger partial charge in [-0.1, -0.05) is 12.1 Å². The number of methoxy groups -OCH3 is 1. The van der Waals surface area contributed by atoms with Crippen molar-refractivity contribution < 1.29 is 9.53 Å². The minimum atomic E-state index is -0.311. The molecule has 0 aliphatic carbocycles. The summed E-state index contributed by atoms with van der Waals surface area (Å²) in [6.07, 6.45) is 0.786. The SMILES string of the molecule is COc1cccc(C(=O)C=N)c1. The molecule has 1 aromatic rings. The van der Waals surface area contributed by atoms with E-state index < -0.39 is 0 Å². The first-order valence-electron chi connectivity index (χ1n) is 3.47. The van der Waals surface area contributed by atoms with Gasteiger partial charge in [-0.05, 0) is 12.1 Å². The van der Waals surface area contributed by atoms with Crippen molar-refractivity contribution in [1.29, 1.82) is 5.41 Å². The fourth-order valence-electron chi connectivity index (χ4n) is 0.860. The zero-order valence-corrected chi connectivity index (χ0v) is 6.70. The normalized spacial score (nSPS) is 9.08. The lowest BCUT2D eigenvalue weighted by Gasteiger charge is -1.99. The van der Waals surface area contributed by atoms with Gasteiger partial charge in [-0.25, -0.2) is 0 Å². The highest BCUT2D eigenvalue weighted by Crippen LogP contribution is 2.12. The molecule has 0 aliphatic rings. The highest BCUT2D eigenvalue weighted by molar-refractivity contribution is 6.34. The Hall–Kier alpha value is -1.64. The molecular weight excluding hydrogens is 154 g/mol. The second kappa shape index (κ2) is 3.67. The molecule has 0 heterocycles. The molecule has 0 aliphatic heterocycles. The van der Waals surface area contributed by atoms with E-state index in [1.165, 1.54) is 7.11 Å². The van der Waals surface area contributed by atoms with Crippen LogP contribution in [-0.4, -0.2) is 19.1 Å². The summed E-state index contributed by atoms with van der Waals surface area (Å²) in [5.41, 5.74) is 0.476. The molecule has 0 saturated carbocycles. The highest BCUT2D eigenvalue weighted by Gasteiger charge is 2.01. The molecule has 0 radical (unpaired) electrons. The Morgan fingerprint density at radius 3 is 2.92 bits per heavy atom. The van der Waals surface area contributed by atoms with Crippen molar-refractivity contribution in [3.8, 4) is 5.75 Å². The zero-order valence-electron chi connectivity index (χ0n) is 6.70. The van der Waals surface area contributed by atoms with E-state index in [0.29, 0.717) is 11.3 Å². The molecule has 0 amide bonds. The number of ether oxygens (including phenoxy) is 1. The smallest absolute Gasteiger partial charge is 0.203 e. The van der Waals surface area contributed by atoms with E-state index in [9.17, 15) is 4.79 Å². The largest absolute Gasteiger partial charge is 0.497 e. The topological polar surface area (TPSA) is 50.2 Å². The van der Waals surface area contributed by atoms with Gasteiger partial charge in [0.25, 0.3) is 0 Å². The van der Waals surface area contributed by atoms with Gasteiger partial charge in [-0.2, -0.15) is 0 Å². The quantitative estimate of drug-likeness (QED) is 0.542.